The third-order valence-corrected chi connectivity index (χ3v) is 2.33. The number of carbonyl (C=O) groups is 1. The number of likely N-dealkylation sites (N-methyl/N-ethyl adjacent to an activating group) is 1. The van der Waals surface area contributed by atoms with Crippen LogP contribution >= 0.6 is 0 Å². The number of hydrogen-bond acceptors (Lipinski definition) is 4. The fraction of sp³-hybridized carbons (Fsp3) is 0.917. The molecule has 102 valence electrons. The Bertz CT molecular complexity index is 198. The Morgan fingerprint density at radius 2 is 2.18 bits per heavy atom. The Kier molecular flexibility index (Phi) is 10.1. The van der Waals surface area contributed by atoms with Gasteiger partial charge in [-0.15, -0.1) is 0 Å². The number of ether oxygens (including phenoxy) is 1. The summed E-state index contributed by atoms with van der Waals surface area (Å²) >= 11 is 0. The zero-order valence-electron chi connectivity index (χ0n) is 11.2. The normalized spacial score (nSPS) is 11.2. The van der Waals surface area contributed by atoms with Gasteiger partial charge in [-0.1, -0.05) is 6.92 Å². The number of nitrogens with one attached hydrogen (secondary N) is 1. The Morgan fingerprint density at radius 1 is 1.47 bits per heavy atom. The first-order valence-electron chi connectivity index (χ1n) is 6.31. The molecule has 0 rings (SSSR count). The highest BCUT2D eigenvalue weighted by Gasteiger charge is 2.07. The second-order valence-corrected chi connectivity index (χ2v) is 4.22. The average Bonchev–Trinajstić information content (AvgIpc) is 2.27. The van der Waals surface area contributed by atoms with Crippen molar-refractivity contribution >= 4 is 5.91 Å². The molecule has 0 aliphatic carbocycles. The standard InChI is InChI=1S/C12H26N2O3/c1-4-14(7-8-15)10-12(16)13-6-5-9-17-11(2)3/h11,15H,4-10H2,1-3H3,(H,13,16). The number of hydrogen-bond donors (Lipinski definition) is 2. The number of nitrogens with zero attached hydrogens (tertiary/aromatic N) is 1. The second-order valence-electron chi connectivity index (χ2n) is 4.22. The molecule has 5 heteroatoms. The van der Waals surface area contributed by atoms with E-state index in [0.29, 0.717) is 26.2 Å². The lowest BCUT2D eigenvalue weighted by Gasteiger charge is -2.18. The quantitative estimate of drug-likeness (QED) is 0.542. The summed E-state index contributed by atoms with van der Waals surface area (Å²) in [6.45, 7) is 9.02. The molecule has 2 N–H and O–H groups in total. The molecule has 17 heavy (non-hydrogen) atoms. The van der Waals surface area contributed by atoms with Gasteiger partial charge in [0, 0.05) is 19.7 Å². The van der Waals surface area contributed by atoms with Gasteiger partial charge in [0.15, 0.2) is 0 Å². The van der Waals surface area contributed by atoms with E-state index in [1.807, 2.05) is 25.7 Å². The molecule has 0 aromatic carbocycles. The zero-order valence-corrected chi connectivity index (χ0v) is 11.2. The maximum Gasteiger partial charge on any atom is 0.234 e. The fourth-order valence-corrected chi connectivity index (χ4v) is 1.37. The molecule has 0 bridgehead atoms. The van der Waals surface area contributed by atoms with Crippen molar-refractivity contribution in [2.75, 3.05) is 39.4 Å². The summed E-state index contributed by atoms with van der Waals surface area (Å²) in [5.74, 6) is 0.00449. The summed E-state index contributed by atoms with van der Waals surface area (Å²) in [6.07, 6.45) is 1.07. The summed E-state index contributed by atoms with van der Waals surface area (Å²) in [4.78, 5) is 13.4. The fourth-order valence-electron chi connectivity index (χ4n) is 1.37. The monoisotopic (exact) mass is 246 g/mol. The predicted molar refractivity (Wildman–Crippen MR) is 67.9 cm³/mol. The van der Waals surface area contributed by atoms with Crippen LogP contribution in [0.1, 0.15) is 27.2 Å². The number of carbonyl (C=O) groups excluding carboxylic acids is 1. The van der Waals surface area contributed by atoms with Gasteiger partial charge >= 0.3 is 0 Å². The average molecular weight is 246 g/mol. The van der Waals surface area contributed by atoms with E-state index in [2.05, 4.69) is 5.32 Å². The van der Waals surface area contributed by atoms with Gasteiger partial charge in [-0.05, 0) is 26.8 Å². The number of aliphatic hydroxyl groups excluding tert-OH is 1. The van der Waals surface area contributed by atoms with Crippen LogP contribution in [0.15, 0.2) is 0 Å². The van der Waals surface area contributed by atoms with Crippen LogP contribution in [-0.4, -0.2) is 61.4 Å². The predicted octanol–water partition coefficient (Wildman–Crippen LogP) is 0.232. The highest BCUT2D eigenvalue weighted by atomic mass is 16.5. The van der Waals surface area contributed by atoms with Crippen LogP contribution in [0.2, 0.25) is 0 Å². The van der Waals surface area contributed by atoms with E-state index < -0.39 is 0 Å². The van der Waals surface area contributed by atoms with Crippen LogP contribution in [0.5, 0.6) is 0 Å². The van der Waals surface area contributed by atoms with Crippen LogP contribution in [0.25, 0.3) is 0 Å². The van der Waals surface area contributed by atoms with E-state index in [1.54, 1.807) is 0 Å². The van der Waals surface area contributed by atoms with E-state index in [1.165, 1.54) is 0 Å². The van der Waals surface area contributed by atoms with Crippen molar-refractivity contribution in [3.05, 3.63) is 0 Å². The summed E-state index contributed by atoms with van der Waals surface area (Å²) in [6, 6.07) is 0. The molecule has 0 heterocycles. The smallest absolute Gasteiger partial charge is 0.234 e. The minimum absolute atomic E-state index is 0.00449. The molecule has 0 radical (unpaired) electrons. The maximum atomic E-state index is 11.5. The van der Waals surface area contributed by atoms with E-state index in [0.717, 1.165) is 13.0 Å². The molecule has 0 spiro atoms. The molecule has 0 aliphatic heterocycles. The summed E-state index contributed by atoms with van der Waals surface area (Å²) in [5.41, 5.74) is 0. The first-order valence-corrected chi connectivity index (χ1v) is 6.31. The largest absolute Gasteiger partial charge is 0.395 e. The van der Waals surface area contributed by atoms with Crippen molar-refractivity contribution in [2.24, 2.45) is 0 Å². The highest BCUT2D eigenvalue weighted by molar-refractivity contribution is 5.77. The van der Waals surface area contributed by atoms with Gasteiger partial charge in [0.05, 0.1) is 19.3 Å². The molecule has 0 atom stereocenters. The molecule has 0 fully saturated rings. The lowest BCUT2D eigenvalue weighted by Crippen LogP contribution is -2.39. The van der Waals surface area contributed by atoms with Crippen molar-refractivity contribution < 1.29 is 14.6 Å². The first-order chi connectivity index (χ1) is 8.10. The molecule has 0 aromatic heterocycles. The number of rotatable bonds is 10. The molecule has 0 saturated carbocycles. The van der Waals surface area contributed by atoms with E-state index in [4.69, 9.17) is 9.84 Å². The minimum Gasteiger partial charge on any atom is -0.395 e. The van der Waals surface area contributed by atoms with Gasteiger partial charge in [0.1, 0.15) is 0 Å². The van der Waals surface area contributed by atoms with Crippen molar-refractivity contribution in [1.29, 1.82) is 0 Å². The van der Waals surface area contributed by atoms with Crippen LogP contribution in [-0.2, 0) is 9.53 Å². The number of aliphatic hydroxyl groups is 1. The lowest BCUT2D eigenvalue weighted by molar-refractivity contribution is -0.122. The van der Waals surface area contributed by atoms with E-state index in [9.17, 15) is 4.79 Å². The minimum atomic E-state index is 0.00449. The molecular weight excluding hydrogens is 220 g/mol. The molecule has 0 aromatic rings. The maximum absolute atomic E-state index is 11.5. The Hall–Kier alpha value is -0.650. The summed E-state index contributed by atoms with van der Waals surface area (Å²) in [7, 11) is 0. The van der Waals surface area contributed by atoms with Crippen LogP contribution in [0, 0.1) is 0 Å². The molecular formula is C12H26N2O3. The number of amides is 1. The van der Waals surface area contributed by atoms with Crippen molar-refractivity contribution in [3.63, 3.8) is 0 Å². The van der Waals surface area contributed by atoms with Gasteiger partial charge in [0.2, 0.25) is 5.91 Å². The van der Waals surface area contributed by atoms with E-state index in [-0.39, 0.29) is 18.6 Å². The second kappa shape index (κ2) is 10.5. The van der Waals surface area contributed by atoms with Crippen molar-refractivity contribution in [2.45, 2.75) is 33.3 Å². The van der Waals surface area contributed by atoms with Gasteiger partial charge in [-0.3, -0.25) is 9.69 Å². The molecule has 1 amide bonds. The van der Waals surface area contributed by atoms with Crippen LogP contribution < -0.4 is 5.32 Å². The van der Waals surface area contributed by atoms with Gasteiger partial charge in [-0.2, -0.15) is 0 Å². The third-order valence-electron chi connectivity index (χ3n) is 2.33. The van der Waals surface area contributed by atoms with E-state index >= 15 is 0 Å². The SMILES string of the molecule is CCN(CCO)CC(=O)NCCCOC(C)C. The molecule has 0 saturated heterocycles. The van der Waals surface area contributed by atoms with Crippen LogP contribution in [0.3, 0.4) is 0 Å². The Labute approximate surface area is 104 Å². The summed E-state index contributed by atoms with van der Waals surface area (Å²) in [5, 5.41) is 11.6. The third kappa shape index (κ3) is 10.2. The van der Waals surface area contributed by atoms with Crippen LogP contribution in [0.4, 0.5) is 0 Å². The van der Waals surface area contributed by atoms with Crippen molar-refractivity contribution in [3.8, 4) is 0 Å². The highest BCUT2D eigenvalue weighted by Crippen LogP contribution is 1.90. The zero-order chi connectivity index (χ0) is 13.1. The summed E-state index contributed by atoms with van der Waals surface area (Å²) < 4.78 is 5.37. The Balaban J connectivity index is 3.51. The van der Waals surface area contributed by atoms with Gasteiger partial charge < -0.3 is 15.2 Å². The Morgan fingerprint density at radius 3 is 2.71 bits per heavy atom. The molecule has 0 unspecified atom stereocenters. The van der Waals surface area contributed by atoms with Gasteiger partial charge in [-0.25, -0.2) is 0 Å². The van der Waals surface area contributed by atoms with Crippen molar-refractivity contribution in [1.82, 2.24) is 10.2 Å². The lowest BCUT2D eigenvalue weighted by atomic mass is 10.4. The van der Waals surface area contributed by atoms with Gasteiger partial charge in [0.25, 0.3) is 0 Å². The first kappa shape index (κ1) is 16.4. The molecule has 5 nitrogen and oxygen atoms in total. The molecule has 0 aliphatic rings. The topological polar surface area (TPSA) is 61.8 Å².